The molecule has 0 spiro atoms. The predicted octanol–water partition coefficient (Wildman–Crippen LogP) is 3.76. The Kier molecular flexibility index (Phi) is 6.21. The van der Waals surface area contributed by atoms with E-state index in [1.807, 2.05) is 25.1 Å². The maximum atomic E-state index is 13.4. The Morgan fingerprint density at radius 3 is 2.59 bits per heavy atom. The van der Waals surface area contributed by atoms with E-state index in [0.717, 1.165) is 34.9 Å². The van der Waals surface area contributed by atoms with Crippen LogP contribution in [0.1, 0.15) is 53.0 Å². The molecule has 3 heterocycles. The summed E-state index contributed by atoms with van der Waals surface area (Å²) in [6.45, 7) is 7.26. The van der Waals surface area contributed by atoms with Crippen molar-refractivity contribution in [1.29, 1.82) is 0 Å². The van der Waals surface area contributed by atoms with Crippen LogP contribution in [0.25, 0.3) is 10.9 Å². The number of ether oxygens (including phenoxy) is 1. The Morgan fingerprint density at radius 1 is 1.15 bits per heavy atom. The van der Waals surface area contributed by atoms with E-state index in [9.17, 15) is 9.59 Å². The summed E-state index contributed by atoms with van der Waals surface area (Å²) >= 11 is 0. The smallest absolute Gasteiger partial charge is 0.256 e. The van der Waals surface area contributed by atoms with Crippen LogP contribution < -0.4 is 15.6 Å². The number of aryl methyl sites for hydroxylation is 1. The molecule has 0 bridgehead atoms. The molecule has 2 N–H and O–H groups in total. The van der Waals surface area contributed by atoms with Gasteiger partial charge in [0.25, 0.3) is 11.5 Å². The number of pyridine rings is 1. The molecule has 1 saturated heterocycles. The number of likely N-dealkylation sites (tertiary alicyclic amines) is 1. The molecule has 34 heavy (non-hydrogen) atoms. The number of aromatic amines is 1. The number of fused-ring (bicyclic) bond motifs is 1. The van der Waals surface area contributed by atoms with Crippen molar-refractivity contribution in [1.82, 2.24) is 19.8 Å². The summed E-state index contributed by atoms with van der Waals surface area (Å²) in [5.41, 5.74) is 3.67. The molecule has 5 rings (SSSR count). The number of hydrogen-bond donors (Lipinski definition) is 2. The largest absolute Gasteiger partial charge is 0.496 e. The van der Waals surface area contributed by atoms with Gasteiger partial charge in [-0.15, -0.1) is 0 Å². The van der Waals surface area contributed by atoms with E-state index in [2.05, 4.69) is 25.8 Å². The van der Waals surface area contributed by atoms with Crippen molar-refractivity contribution >= 4 is 16.8 Å². The lowest BCUT2D eigenvalue weighted by molar-refractivity contribution is 0.0951. The first kappa shape index (κ1) is 22.7. The fraction of sp³-hybridized carbons (Fsp3) is 0.481. The van der Waals surface area contributed by atoms with Gasteiger partial charge in [-0.2, -0.15) is 0 Å². The van der Waals surface area contributed by atoms with Gasteiger partial charge in [-0.1, -0.05) is 18.2 Å². The third-order valence-corrected chi connectivity index (χ3v) is 7.49. The standard InChI is InChI=1S/C27H34N4O3/c1-17-14-24(34-3)22(26(32)29-17)15-28-27(33)25-18(2)31(23-7-5-4-6-21(23)25)16-19-10-12-30(13-11-19)20-8-9-20/h4-7,14,19-20H,8-13,15-16H2,1-3H3,(H,28,33)(H,29,32). The molecule has 1 aromatic carbocycles. The molecular formula is C27H34N4O3. The number of nitrogens with zero attached hydrogens (tertiary/aromatic N) is 2. The van der Waals surface area contributed by atoms with Crippen LogP contribution in [-0.2, 0) is 13.1 Å². The van der Waals surface area contributed by atoms with E-state index in [-0.39, 0.29) is 18.0 Å². The second-order valence-electron chi connectivity index (χ2n) is 9.81. The molecule has 1 aliphatic carbocycles. The number of rotatable bonds is 7. The van der Waals surface area contributed by atoms with Crippen LogP contribution in [0.5, 0.6) is 5.75 Å². The molecule has 2 aliphatic rings. The van der Waals surface area contributed by atoms with Crippen molar-refractivity contribution in [3.63, 3.8) is 0 Å². The third-order valence-electron chi connectivity index (χ3n) is 7.49. The molecule has 0 radical (unpaired) electrons. The highest BCUT2D eigenvalue weighted by Crippen LogP contribution is 2.33. The van der Waals surface area contributed by atoms with E-state index in [1.54, 1.807) is 13.0 Å². The Labute approximate surface area is 200 Å². The first-order valence-electron chi connectivity index (χ1n) is 12.3. The molecule has 2 fully saturated rings. The summed E-state index contributed by atoms with van der Waals surface area (Å²) in [7, 11) is 1.53. The zero-order valence-corrected chi connectivity index (χ0v) is 20.3. The summed E-state index contributed by atoms with van der Waals surface area (Å²) in [6.07, 6.45) is 5.15. The van der Waals surface area contributed by atoms with Crippen LogP contribution in [0.15, 0.2) is 35.1 Å². The van der Waals surface area contributed by atoms with Gasteiger partial charge >= 0.3 is 0 Å². The van der Waals surface area contributed by atoms with Gasteiger partial charge in [0.1, 0.15) is 5.75 Å². The average Bonchev–Trinajstić information content (AvgIpc) is 3.64. The number of carbonyl (C=O) groups excluding carboxylic acids is 1. The fourth-order valence-corrected chi connectivity index (χ4v) is 5.44. The molecule has 2 aromatic heterocycles. The van der Waals surface area contributed by atoms with Crippen LogP contribution in [0.3, 0.4) is 0 Å². The maximum absolute atomic E-state index is 13.4. The van der Waals surface area contributed by atoms with Crippen molar-refractivity contribution < 1.29 is 9.53 Å². The zero-order valence-electron chi connectivity index (χ0n) is 20.3. The molecule has 1 aliphatic heterocycles. The summed E-state index contributed by atoms with van der Waals surface area (Å²) in [5.74, 6) is 0.937. The second kappa shape index (κ2) is 9.29. The number of benzene rings is 1. The number of para-hydroxylation sites is 1. The number of amides is 1. The Morgan fingerprint density at radius 2 is 1.88 bits per heavy atom. The number of H-pyrrole nitrogens is 1. The lowest BCUT2D eigenvalue weighted by Gasteiger charge is -2.32. The van der Waals surface area contributed by atoms with Crippen LogP contribution in [0.4, 0.5) is 0 Å². The summed E-state index contributed by atoms with van der Waals surface area (Å²) in [6, 6.07) is 10.7. The molecule has 1 saturated carbocycles. The van der Waals surface area contributed by atoms with Crippen molar-refractivity contribution in [3.05, 3.63) is 63.2 Å². The van der Waals surface area contributed by atoms with Gasteiger partial charge in [0, 0.05) is 34.9 Å². The quantitative estimate of drug-likeness (QED) is 0.560. The number of aromatic nitrogens is 2. The number of piperidine rings is 1. The van der Waals surface area contributed by atoms with Crippen LogP contribution >= 0.6 is 0 Å². The highest BCUT2D eigenvalue weighted by atomic mass is 16.5. The number of nitrogens with one attached hydrogen (secondary N) is 2. The van der Waals surface area contributed by atoms with E-state index in [0.29, 0.717) is 22.8 Å². The summed E-state index contributed by atoms with van der Waals surface area (Å²) < 4.78 is 7.70. The zero-order chi connectivity index (χ0) is 23.8. The van der Waals surface area contributed by atoms with Gasteiger partial charge in [0.05, 0.1) is 24.8 Å². The second-order valence-corrected chi connectivity index (χ2v) is 9.81. The van der Waals surface area contributed by atoms with E-state index < -0.39 is 0 Å². The molecule has 180 valence electrons. The van der Waals surface area contributed by atoms with Gasteiger partial charge in [0.15, 0.2) is 0 Å². The number of carbonyl (C=O) groups is 1. The number of hydrogen-bond acceptors (Lipinski definition) is 4. The van der Waals surface area contributed by atoms with Gasteiger partial charge in [0.2, 0.25) is 0 Å². The SMILES string of the molecule is COc1cc(C)[nH]c(=O)c1CNC(=O)c1c(C)n(CC2CCN(C3CC3)CC2)c2ccccc12. The Hall–Kier alpha value is -3.06. The van der Waals surface area contributed by atoms with Crippen molar-refractivity contribution in [2.75, 3.05) is 20.2 Å². The normalized spacial score (nSPS) is 17.3. The first-order valence-corrected chi connectivity index (χ1v) is 12.3. The first-order chi connectivity index (χ1) is 16.5. The number of methoxy groups -OCH3 is 1. The monoisotopic (exact) mass is 462 g/mol. The molecule has 7 nitrogen and oxygen atoms in total. The molecule has 0 atom stereocenters. The lowest BCUT2D eigenvalue weighted by Crippen LogP contribution is -2.36. The molecule has 7 heteroatoms. The third kappa shape index (κ3) is 4.37. The van der Waals surface area contributed by atoms with Crippen LogP contribution in [0, 0.1) is 19.8 Å². The van der Waals surface area contributed by atoms with Gasteiger partial charge in [-0.3, -0.25) is 9.59 Å². The lowest BCUT2D eigenvalue weighted by atomic mass is 9.96. The minimum atomic E-state index is -0.242. The van der Waals surface area contributed by atoms with Crippen LogP contribution in [-0.4, -0.2) is 46.6 Å². The summed E-state index contributed by atoms with van der Waals surface area (Å²) in [5, 5.41) is 3.92. The minimum absolute atomic E-state index is 0.107. The van der Waals surface area contributed by atoms with Gasteiger partial charge in [-0.25, -0.2) is 0 Å². The Bertz CT molecular complexity index is 1260. The highest BCUT2D eigenvalue weighted by Gasteiger charge is 2.32. The van der Waals surface area contributed by atoms with Crippen molar-refractivity contribution in [2.45, 2.75) is 58.7 Å². The summed E-state index contributed by atoms with van der Waals surface area (Å²) in [4.78, 5) is 31.3. The fourth-order valence-electron chi connectivity index (χ4n) is 5.44. The topological polar surface area (TPSA) is 79.4 Å². The van der Waals surface area contributed by atoms with Gasteiger partial charge in [-0.05, 0) is 70.7 Å². The molecule has 3 aromatic rings. The predicted molar refractivity (Wildman–Crippen MR) is 134 cm³/mol. The van der Waals surface area contributed by atoms with E-state index in [1.165, 1.54) is 45.9 Å². The molecule has 1 amide bonds. The Balaban J connectivity index is 1.37. The van der Waals surface area contributed by atoms with Crippen molar-refractivity contribution in [3.8, 4) is 5.75 Å². The van der Waals surface area contributed by atoms with Crippen LogP contribution in [0.2, 0.25) is 0 Å². The van der Waals surface area contributed by atoms with E-state index >= 15 is 0 Å². The molecular weight excluding hydrogens is 428 g/mol. The van der Waals surface area contributed by atoms with Gasteiger partial charge < -0.3 is 24.5 Å². The van der Waals surface area contributed by atoms with E-state index in [4.69, 9.17) is 4.74 Å². The minimum Gasteiger partial charge on any atom is -0.496 e. The van der Waals surface area contributed by atoms with Crippen molar-refractivity contribution in [2.24, 2.45) is 5.92 Å². The average molecular weight is 463 g/mol. The maximum Gasteiger partial charge on any atom is 0.256 e. The highest BCUT2D eigenvalue weighted by molar-refractivity contribution is 6.08. The molecule has 0 unspecified atom stereocenters.